The van der Waals surface area contributed by atoms with E-state index in [9.17, 15) is 0 Å². The summed E-state index contributed by atoms with van der Waals surface area (Å²) in [6.45, 7) is 0. The molecule has 5 nitrogen and oxygen atoms in total. The highest BCUT2D eigenvalue weighted by atomic mass is 79.9. The van der Waals surface area contributed by atoms with E-state index in [2.05, 4.69) is 31.4 Å². The number of halogens is 2. The Balaban J connectivity index is 2.26. The predicted octanol–water partition coefficient (Wildman–Crippen LogP) is 1.98. The topological polar surface area (TPSA) is 68.8 Å². The van der Waals surface area contributed by atoms with Gasteiger partial charge in [-0.3, -0.25) is 16.0 Å². The van der Waals surface area contributed by atoms with E-state index in [1.807, 2.05) is 25.2 Å². The number of nitrogens with one attached hydrogen (secondary N) is 1. The molecule has 96 valence electrons. The highest BCUT2D eigenvalue weighted by Crippen LogP contribution is 2.27. The lowest BCUT2D eigenvalue weighted by Crippen LogP contribution is -2.30. The minimum atomic E-state index is -0.0560. The molecule has 0 saturated heterocycles. The largest absolute Gasteiger partial charge is 0.271 e. The molecule has 1 aromatic heterocycles. The molecule has 1 atom stereocenters. The summed E-state index contributed by atoms with van der Waals surface area (Å²) in [5.41, 5.74) is 3.82. The highest BCUT2D eigenvalue weighted by Gasteiger charge is 2.16. The monoisotopic (exact) mass is 329 g/mol. The molecule has 0 amide bonds. The lowest BCUT2D eigenvalue weighted by Gasteiger charge is -2.17. The van der Waals surface area contributed by atoms with Crippen LogP contribution in [0.5, 0.6) is 0 Å². The van der Waals surface area contributed by atoms with Gasteiger partial charge in [0.2, 0.25) is 0 Å². The van der Waals surface area contributed by atoms with Crippen LogP contribution < -0.4 is 11.3 Å². The fourth-order valence-electron chi connectivity index (χ4n) is 1.73. The molecule has 0 saturated carbocycles. The van der Waals surface area contributed by atoms with Crippen LogP contribution in [0.1, 0.15) is 17.4 Å². The molecule has 0 bridgehead atoms. The third kappa shape index (κ3) is 2.89. The highest BCUT2D eigenvalue weighted by molar-refractivity contribution is 9.10. The van der Waals surface area contributed by atoms with E-state index in [0.29, 0.717) is 11.4 Å². The van der Waals surface area contributed by atoms with Gasteiger partial charge in [-0.1, -0.05) is 33.6 Å². The number of benzene rings is 1. The van der Waals surface area contributed by atoms with Gasteiger partial charge in [-0.25, -0.2) is 4.98 Å². The van der Waals surface area contributed by atoms with E-state index in [-0.39, 0.29) is 6.04 Å². The molecule has 0 radical (unpaired) electrons. The zero-order valence-corrected chi connectivity index (χ0v) is 12.1. The van der Waals surface area contributed by atoms with Gasteiger partial charge in [0.1, 0.15) is 12.2 Å². The second-order valence-electron chi connectivity index (χ2n) is 3.89. The number of nitrogens with two attached hydrogens (primary N) is 1. The summed E-state index contributed by atoms with van der Waals surface area (Å²) in [5, 5.41) is 4.72. The fourth-order valence-corrected chi connectivity index (χ4v) is 2.69. The van der Waals surface area contributed by atoms with Crippen molar-refractivity contribution in [3.05, 3.63) is 45.4 Å². The number of aryl methyl sites for hydroxylation is 1. The Morgan fingerprint density at radius 3 is 2.89 bits per heavy atom. The van der Waals surface area contributed by atoms with Crippen LogP contribution in [-0.2, 0) is 13.5 Å². The van der Waals surface area contributed by atoms with Gasteiger partial charge >= 0.3 is 0 Å². The Labute approximate surface area is 118 Å². The zero-order valence-electron chi connectivity index (χ0n) is 9.77. The molecular weight excluding hydrogens is 318 g/mol. The second-order valence-corrected chi connectivity index (χ2v) is 5.18. The quantitative estimate of drug-likeness (QED) is 0.664. The molecule has 7 heteroatoms. The molecule has 1 unspecified atom stereocenters. The van der Waals surface area contributed by atoms with Crippen molar-refractivity contribution in [1.82, 2.24) is 20.2 Å². The molecule has 0 aliphatic rings. The summed E-state index contributed by atoms with van der Waals surface area (Å²) in [5.74, 6) is 6.48. The Morgan fingerprint density at radius 1 is 1.56 bits per heavy atom. The van der Waals surface area contributed by atoms with Crippen molar-refractivity contribution in [2.75, 3.05) is 0 Å². The fraction of sp³-hybridized carbons (Fsp3) is 0.273. The maximum Gasteiger partial charge on any atom is 0.138 e. The molecule has 18 heavy (non-hydrogen) atoms. The van der Waals surface area contributed by atoms with E-state index in [0.717, 1.165) is 15.9 Å². The molecule has 1 heterocycles. The van der Waals surface area contributed by atoms with Crippen LogP contribution in [0, 0.1) is 0 Å². The lowest BCUT2D eigenvalue weighted by atomic mass is 10.0. The molecule has 2 aromatic rings. The second kappa shape index (κ2) is 5.79. The van der Waals surface area contributed by atoms with E-state index in [4.69, 9.17) is 17.4 Å². The Hall–Kier alpha value is -0.950. The van der Waals surface area contributed by atoms with Crippen LogP contribution in [0.25, 0.3) is 0 Å². The van der Waals surface area contributed by atoms with Crippen molar-refractivity contribution >= 4 is 27.5 Å². The van der Waals surface area contributed by atoms with Crippen molar-refractivity contribution in [2.24, 2.45) is 12.9 Å². The molecule has 1 aromatic carbocycles. The molecule has 0 aliphatic heterocycles. The smallest absolute Gasteiger partial charge is 0.138 e. The average Bonchev–Trinajstić information content (AvgIpc) is 2.73. The van der Waals surface area contributed by atoms with Gasteiger partial charge < -0.3 is 0 Å². The van der Waals surface area contributed by atoms with E-state index in [1.165, 1.54) is 6.33 Å². The van der Waals surface area contributed by atoms with Gasteiger partial charge in [0.25, 0.3) is 0 Å². The van der Waals surface area contributed by atoms with Crippen molar-refractivity contribution in [3.63, 3.8) is 0 Å². The maximum absolute atomic E-state index is 5.92. The predicted molar refractivity (Wildman–Crippen MR) is 73.9 cm³/mol. The van der Waals surface area contributed by atoms with Gasteiger partial charge in [0.05, 0.1) is 6.04 Å². The van der Waals surface area contributed by atoms with Crippen molar-refractivity contribution < 1.29 is 0 Å². The first-order valence-corrected chi connectivity index (χ1v) is 6.53. The van der Waals surface area contributed by atoms with E-state index >= 15 is 0 Å². The Bertz CT molecular complexity index is 542. The van der Waals surface area contributed by atoms with Crippen LogP contribution in [0.3, 0.4) is 0 Å². The van der Waals surface area contributed by atoms with Crippen LogP contribution in [0.15, 0.2) is 29.0 Å². The summed E-state index contributed by atoms with van der Waals surface area (Å²) in [4.78, 5) is 4.19. The number of hydrogen-bond donors (Lipinski definition) is 2. The summed E-state index contributed by atoms with van der Waals surface area (Å²) in [6.07, 6.45) is 2.17. The summed E-state index contributed by atoms with van der Waals surface area (Å²) < 4.78 is 2.65. The van der Waals surface area contributed by atoms with Crippen molar-refractivity contribution in [1.29, 1.82) is 0 Å². The van der Waals surface area contributed by atoms with Gasteiger partial charge in [-0.2, -0.15) is 5.10 Å². The lowest BCUT2D eigenvalue weighted by molar-refractivity contribution is 0.521. The molecule has 0 fully saturated rings. The van der Waals surface area contributed by atoms with Gasteiger partial charge in [-0.15, -0.1) is 0 Å². The standard InChI is InChI=1S/C11H13BrClN5/c1-18-11(15-6-16-18)5-10(17-14)8-3-2-7(13)4-9(8)12/h2-4,6,10,17H,5,14H2,1H3. The number of nitrogens with zero attached hydrogens (tertiary/aromatic N) is 3. The van der Waals surface area contributed by atoms with Crippen LogP contribution in [0.2, 0.25) is 5.02 Å². The van der Waals surface area contributed by atoms with E-state index in [1.54, 1.807) is 4.68 Å². The Kier molecular flexibility index (Phi) is 4.34. The average molecular weight is 331 g/mol. The van der Waals surface area contributed by atoms with Crippen LogP contribution in [0.4, 0.5) is 0 Å². The number of hydrazine groups is 1. The summed E-state index contributed by atoms with van der Waals surface area (Å²) in [6, 6.07) is 5.56. The van der Waals surface area contributed by atoms with Crippen LogP contribution in [-0.4, -0.2) is 14.8 Å². The minimum Gasteiger partial charge on any atom is -0.271 e. The third-order valence-corrected chi connectivity index (χ3v) is 3.65. The maximum atomic E-state index is 5.92. The first-order chi connectivity index (χ1) is 8.61. The minimum absolute atomic E-state index is 0.0560. The summed E-state index contributed by atoms with van der Waals surface area (Å²) >= 11 is 9.41. The first-order valence-electron chi connectivity index (χ1n) is 5.35. The van der Waals surface area contributed by atoms with Crippen molar-refractivity contribution in [2.45, 2.75) is 12.5 Å². The first kappa shape index (κ1) is 13.5. The molecular formula is C11H13BrClN5. The zero-order chi connectivity index (χ0) is 13.1. The van der Waals surface area contributed by atoms with Gasteiger partial charge in [0, 0.05) is 23.0 Å². The van der Waals surface area contributed by atoms with E-state index < -0.39 is 0 Å². The SMILES string of the molecule is Cn1ncnc1CC(NN)c1ccc(Cl)cc1Br. The van der Waals surface area contributed by atoms with Crippen molar-refractivity contribution in [3.8, 4) is 0 Å². The Morgan fingerprint density at radius 2 is 2.33 bits per heavy atom. The molecule has 3 N–H and O–H groups in total. The third-order valence-electron chi connectivity index (χ3n) is 2.73. The molecule has 0 spiro atoms. The normalized spacial score (nSPS) is 12.7. The molecule has 0 aliphatic carbocycles. The number of rotatable bonds is 4. The molecule has 2 rings (SSSR count). The van der Waals surface area contributed by atoms with Gasteiger partial charge in [0.15, 0.2) is 0 Å². The van der Waals surface area contributed by atoms with Crippen LogP contribution >= 0.6 is 27.5 Å². The summed E-state index contributed by atoms with van der Waals surface area (Å²) in [7, 11) is 1.85. The number of hydrogen-bond acceptors (Lipinski definition) is 4. The number of aromatic nitrogens is 3. The van der Waals surface area contributed by atoms with Gasteiger partial charge in [-0.05, 0) is 17.7 Å².